The molecule has 1 N–H and O–H groups in total. The van der Waals surface area contributed by atoms with E-state index in [0.717, 1.165) is 26.1 Å². The summed E-state index contributed by atoms with van der Waals surface area (Å²) >= 11 is 1.84. The fourth-order valence-corrected chi connectivity index (χ4v) is 3.10. The molecular weight excluding hydrogens is 268 g/mol. The lowest BCUT2D eigenvalue weighted by Crippen LogP contribution is -2.48. The van der Waals surface area contributed by atoms with E-state index in [9.17, 15) is 0 Å². The highest BCUT2D eigenvalue weighted by atomic mass is 32.1. The highest BCUT2D eigenvalue weighted by Crippen LogP contribution is 2.15. The van der Waals surface area contributed by atoms with Crippen LogP contribution in [0.1, 0.15) is 25.6 Å². The second-order valence-electron chi connectivity index (χ2n) is 5.96. The number of hydrogen-bond acceptors (Lipinski definition) is 4. The van der Waals surface area contributed by atoms with Crippen LogP contribution in [0, 0.1) is 5.92 Å². The normalized spacial score (nSPS) is 14.9. The van der Waals surface area contributed by atoms with Gasteiger partial charge in [-0.25, -0.2) is 0 Å². The van der Waals surface area contributed by atoms with Crippen LogP contribution in [0.4, 0.5) is 0 Å². The van der Waals surface area contributed by atoms with Crippen molar-refractivity contribution < 1.29 is 4.74 Å². The van der Waals surface area contributed by atoms with Gasteiger partial charge in [0.25, 0.3) is 0 Å². The zero-order valence-electron chi connectivity index (χ0n) is 13.6. The fraction of sp³-hybridized carbons (Fsp3) is 0.750. The molecule has 1 heterocycles. The summed E-state index contributed by atoms with van der Waals surface area (Å²) in [5.74, 6) is 0.687. The molecule has 1 aromatic rings. The topological polar surface area (TPSA) is 24.5 Å². The Morgan fingerprint density at radius 1 is 1.30 bits per heavy atom. The van der Waals surface area contributed by atoms with E-state index in [2.05, 4.69) is 55.5 Å². The Morgan fingerprint density at radius 3 is 2.60 bits per heavy atom. The van der Waals surface area contributed by atoms with Crippen LogP contribution in [-0.2, 0) is 11.2 Å². The number of ether oxygens (including phenoxy) is 1. The van der Waals surface area contributed by atoms with Crippen molar-refractivity contribution in [1.29, 1.82) is 0 Å². The summed E-state index contributed by atoms with van der Waals surface area (Å²) in [6.07, 6.45) is 1.11. The Hall–Kier alpha value is -0.420. The van der Waals surface area contributed by atoms with Gasteiger partial charge in [-0.1, -0.05) is 19.9 Å². The molecule has 1 rings (SSSR count). The zero-order chi connectivity index (χ0) is 15.0. The number of thiophene rings is 1. The standard InChI is InChI=1S/C16H30N2OS/c1-13(2)10-17-11-15(12-19-5)18(4)14(3)9-16-7-6-8-20-16/h6-8,13-15,17H,9-12H2,1-5H3. The van der Waals surface area contributed by atoms with Crippen molar-refractivity contribution >= 4 is 11.3 Å². The lowest BCUT2D eigenvalue weighted by molar-refractivity contribution is 0.0835. The molecule has 0 saturated carbocycles. The average molecular weight is 298 g/mol. The van der Waals surface area contributed by atoms with Crippen molar-refractivity contribution in [2.45, 2.75) is 39.3 Å². The fourth-order valence-electron chi connectivity index (χ4n) is 2.28. The minimum atomic E-state index is 0.425. The summed E-state index contributed by atoms with van der Waals surface area (Å²) in [4.78, 5) is 3.90. The summed E-state index contributed by atoms with van der Waals surface area (Å²) in [5, 5.41) is 5.70. The smallest absolute Gasteiger partial charge is 0.0630 e. The SMILES string of the molecule is COCC(CNCC(C)C)N(C)C(C)Cc1cccs1. The van der Waals surface area contributed by atoms with E-state index >= 15 is 0 Å². The zero-order valence-corrected chi connectivity index (χ0v) is 14.4. The lowest BCUT2D eigenvalue weighted by Gasteiger charge is -2.33. The van der Waals surface area contributed by atoms with Gasteiger partial charge in [-0.05, 0) is 44.3 Å². The molecule has 0 aromatic carbocycles. The van der Waals surface area contributed by atoms with Gasteiger partial charge in [-0.3, -0.25) is 4.90 Å². The largest absolute Gasteiger partial charge is 0.383 e. The Morgan fingerprint density at radius 2 is 2.05 bits per heavy atom. The van der Waals surface area contributed by atoms with Gasteiger partial charge >= 0.3 is 0 Å². The first-order valence-corrected chi connectivity index (χ1v) is 8.36. The van der Waals surface area contributed by atoms with Crippen LogP contribution in [0.2, 0.25) is 0 Å². The maximum absolute atomic E-state index is 5.39. The van der Waals surface area contributed by atoms with Crippen LogP contribution < -0.4 is 5.32 Å². The monoisotopic (exact) mass is 298 g/mol. The van der Waals surface area contributed by atoms with Gasteiger partial charge in [0.1, 0.15) is 0 Å². The van der Waals surface area contributed by atoms with E-state index < -0.39 is 0 Å². The number of rotatable bonds is 10. The molecule has 3 nitrogen and oxygen atoms in total. The Bertz CT molecular complexity index is 340. The number of likely N-dealkylation sites (N-methyl/N-ethyl adjacent to an activating group) is 1. The van der Waals surface area contributed by atoms with E-state index in [1.807, 2.05) is 11.3 Å². The Balaban J connectivity index is 2.46. The molecule has 0 amide bonds. The van der Waals surface area contributed by atoms with E-state index in [0.29, 0.717) is 18.0 Å². The molecule has 20 heavy (non-hydrogen) atoms. The second-order valence-corrected chi connectivity index (χ2v) is 6.99. The van der Waals surface area contributed by atoms with E-state index in [-0.39, 0.29) is 0 Å². The van der Waals surface area contributed by atoms with Gasteiger partial charge in [-0.2, -0.15) is 0 Å². The van der Waals surface area contributed by atoms with Crippen LogP contribution in [-0.4, -0.2) is 50.8 Å². The van der Waals surface area contributed by atoms with Crippen LogP contribution >= 0.6 is 11.3 Å². The van der Waals surface area contributed by atoms with E-state index in [4.69, 9.17) is 4.74 Å². The third-order valence-corrected chi connectivity index (χ3v) is 4.54. The first-order valence-electron chi connectivity index (χ1n) is 7.48. The van der Waals surface area contributed by atoms with Crippen LogP contribution in [0.5, 0.6) is 0 Å². The third kappa shape index (κ3) is 6.35. The van der Waals surface area contributed by atoms with Crippen LogP contribution in [0.15, 0.2) is 17.5 Å². The Labute approximate surface area is 128 Å². The lowest BCUT2D eigenvalue weighted by atomic mass is 10.1. The summed E-state index contributed by atoms with van der Waals surface area (Å²) in [5.41, 5.74) is 0. The molecule has 0 aliphatic carbocycles. The molecular formula is C16H30N2OS. The van der Waals surface area contributed by atoms with E-state index in [1.54, 1.807) is 7.11 Å². The van der Waals surface area contributed by atoms with Gasteiger partial charge in [0.15, 0.2) is 0 Å². The van der Waals surface area contributed by atoms with Crippen molar-refractivity contribution in [2.24, 2.45) is 5.92 Å². The molecule has 0 radical (unpaired) electrons. The maximum atomic E-state index is 5.39. The van der Waals surface area contributed by atoms with Gasteiger partial charge in [0.05, 0.1) is 6.61 Å². The molecule has 0 aliphatic rings. The minimum absolute atomic E-state index is 0.425. The number of nitrogens with one attached hydrogen (secondary N) is 1. The van der Waals surface area contributed by atoms with Crippen molar-refractivity contribution in [3.63, 3.8) is 0 Å². The number of nitrogens with zero attached hydrogens (tertiary/aromatic N) is 1. The maximum Gasteiger partial charge on any atom is 0.0630 e. The second kappa shape index (κ2) is 9.50. The predicted octanol–water partition coefficient (Wildman–Crippen LogP) is 2.87. The first-order chi connectivity index (χ1) is 9.54. The van der Waals surface area contributed by atoms with Crippen molar-refractivity contribution in [1.82, 2.24) is 10.2 Å². The highest BCUT2D eigenvalue weighted by Gasteiger charge is 2.20. The quantitative estimate of drug-likeness (QED) is 0.719. The van der Waals surface area contributed by atoms with Crippen LogP contribution in [0.25, 0.3) is 0 Å². The molecule has 0 spiro atoms. The predicted molar refractivity (Wildman–Crippen MR) is 88.6 cm³/mol. The summed E-state index contributed by atoms with van der Waals surface area (Å²) < 4.78 is 5.39. The molecule has 0 bridgehead atoms. The van der Waals surface area contributed by atoms with Crippen LogP contribution in [0.3, 0.4) is 0 Å². The first kappa shape index (κ1) is 17.6. The number of methoxy groups -OCH3 is 1. The average Bonchev–Trinajstić information content (AvgIpc) is 2.89. The van der Waals surface area contributed by atoms with Crippen molar-refractivity contribution in [3.05, 3.63) is 22.4 Å². The molecule has 0 saturated heterocycles. The Kier molecular flexibility index (Phi) is 8.38. The molecule has 2 unspecified atom stereocenters. The number of hydrogen-bond donors (Lipinski definition) is 1. The summed E-state index contributed by atoms with van der Waals surface area (Å²) in [6.45, 7) is 9.59. The van der Waals surface area contributed by atoms with Gasteiger partial charge in [0, 0.05) is 30.6 Å². The molecule has 116 valence electrons. The molecule has 0 aliphatic heterocycles. The molecule has 1 aromatic heterocycles. The van der Waals surface area contributed by atoms with E-state index in [1.165, 1.54) is 4.88 Å². The van der Waals surface area contributed by atoms with Gasteiger partial charge < -0.3 is 10.1 Å². The highest BCUT2D eigenvalue weighted by molar-refractivity contribution is 7.09. The van der Waals surface area contributed by atoms with Gasteiger partial charge in [-0.15, -0.1) is 11.3 Å². The minimum Gasteiger partial charge on any atom is -0.383 e. The third-order valence-electron chi connectivity index (χ3n) is 3.64. The molecule has 4 heteroatoms. The van der Waals surface area contributed by atoms with Gasteiger partial charge in [0.2, 0.25) is 0 Å². The van der Waals surface area contributed by atoms with Crippen molar-refractivity contribution in [2.75, 3.05) is 33.9 Å². The molecule has 0 fully saturated rings. The molecule has 2 atom stereocenters. The van der Waals surface area contributed by atoms with Crippen molar-refractivity contribution in [3.8, 4) is 0 Å². The summed E-state index contributed by atoms with van der Waals surface area (Å²) in [7, 11) is 3.99. The summed E-state index contributed by atoms with van der Waals surface area (Å²) in [6, 6.07) is 5.30.